The number of ether oxygens (including phenoxy) is 1. The van der Waals surface area contributed by atoms with E-state index in [1.807, 2.05) is 4.90 Å². The molecule has 0 unspecified atom stereocenters. The van der Waals surface area contributed by atoms with Gasteiger partial charge in [-0.25, -0.2) is 9.78 Å². The van der Waals surface area contributed by atoms with Crippen molar-refractivity contribution in [3.8, 4) is 0 Å². The third-order valence-electron chi connectivity index (χ3n) is 4.41. The summed E-state index contributed by atoms with van der Waals surface area (Å²) in [5.74, 6) is 1.05. The molecule has 0 aromatic carbocycles. The van der Waals surface area contributed by atoms with E-state index in [9.17, 15) is 18.0 Å². The second-order valence-electron chi connectivity index (χ2n) is 6.13. The fourth-order valence-corrected chi connectivity index (χ4v) is 2.96. The average molecular weight is 371 g/mol. The van der Waals surface area contributed by atoms with Crippen LogP contribution in [0.2, 0.25) is 0 Å². The second kappa shape index (κ2) is 7.36. The van der Waals surface area contributed by atoms with Crippen LogP contribution in [0.3, 0.4) is 0 Å². The number of carbonyl (C=O) groups is 1. The van der Waals surface area contributed by atoms with Crippen molar-refractivity contribution in [2.45, 2.75) is 12.7 Å². The quantitative estimate of drug-likeness (QED) is 0.808. The molecule has 2 aromatic rings. The summed E-state index contributed by atoms with van der Waals surface area (Å²) >= 11 is 0. The number of H-pyrrole nitrogens is 1. The number of piperazine rings is 1. The van der Waals surface area contributed by atoms with Crippen molar-refractivity contribution in [3.63, 3.8) is 0 Å². The zero-order chi connectivity index (χ0) is 18.7. The summed E-state index contributed by atoms with van der Waals surface area (Å²) < 4.78 is 47.9. The zero-order valence-electron chi connectivity index (χ0n) is 14.2. The van der Waals surface area contributed by atoms with Crippen LogP contribution in [0.4, 0.5) is 19.0 Å². The van der Waals surface area contributed by atoms with Crippen molar-refractivity contribution >= 4 is 11.8 Å². The van der Waals surface area contributed by atoms with E-state index < -0.39 is 17.7 Å². The molecule has 9 heteroatoms. The van der Waals surface area contributed by atoms with E-state index in [0.29, 0.717) is 31.2 Å². The SMILES string of the molecule is COC(=O)c1ccc(C[NH+]2CCN(c3ccc(C(F)(F)F)c[nH+]3)CC2)o1. The van der Waals surface area contributed by atoms with Gasteiger partial charge in [-0.1, -0.05) is 0 Å². The molecule has 1 aliphatic heterocycles. The molecule has 2 aromatic heterocycles. The van der Waals surface area contributed by atoms with E-state index in [2.05, 4.69) is 9.72 Å². The van der Waals surface area contributed by atoms with Gasteiger partial charge in [0.05, 0.1) is 12.7 Å². The lowest BCUT2D eigenvalue weighted by molar-refractivity contribution is -0.915. The lowest BCUT2D eigenvalue weighted by Gasteiger charge is -2.27. The highest BCUT2D eigenvalue weighted by molar-refractivity contribution is 5.86. The maximum Gasteiger partial charge on any atom is 0.419 e. The first-order valence-electron chi connectivity index (χ1n) is 8.21. The van der Waals surface area contributed by atoms with Crippen molar-refractivity contribution in [2.24, 2.45) is 0 Å². The fourth-order valence-electron chi connectivity index (χ4n) is 2.96. The van der Waals surface area contributed by atoms with E-state index >= 15 is 0 Å². The molecule has 0 amide bonds. The number of methoxy groups -OCH3 is 1. The van der Waals surface area contributed by atoms with Gasteiger partial charge in [0, 0.05) is 6.07 Å². The smallest absolute Gasteiger partial charge is 0.419 e. The molecule has 140 valence electrons. The van der Waals surface area contributed by atoms with Crippen LogP contribution in [0.1, 0.15) is 21.9 Å². The number of rotatable bonds is 4. The number of furan rings is 1. The first kappa shape index (κ1) is 18.2. The minimum atomic E-state index is -4.34. The fraction of sp³-hybridized carbons (Fsp3) is 0.412. The van der Waals surface area contributed by atoms with Crippen LogP contribution in [-0.4, -0.2) is 39.3 Å². The van der Waals surface area contributed by atoms with E-state index in [1.165, 1.54) is 18.1 Å². The first-order valence-corrected chi connectivity index (χ1v) is 8.21. The molecule has 2 N–H and O–H groups in total. The highest BCUT2D eigenvalue weighted by Gasteiger charge is 2.33. The van der Waals surface area contributed by atoms with Gasteiger partial charge in [-0.2, -0.15) is 13.2 Å². The van der Waals surface area contributed by atoms with E-state index in [1.54, 1.807) is 12.1 Å². The molecule has 3 rings (SSSR count). The topological polar surface area (TPSA) is 61.3 Å². The molecule has 1 fully saturated rings. The van der Waals surface area contributed by atoms with E-state index in [-0.39, 0.29) is 5.76 Å². The highest BCUT2D eigenvalue weighted by atomic mass is 19.4. The van der Waals surface area contributed by atoms with Crippen LogP contribution in [0.5, 0.6) is 0 Å². The molecule has 0 atom stereocenters. The van der Waals surface area contributed by atoms with E-state index in [4.69, 9.17) is 4.42 Å². The number of hydrogen-bond acceptors (Lipinski definition) is 4. The Balaban J connectivity index is 1.54. The van der Waals surface area contributed by atoms with Crippen LogP contribution >= 0.6 is 0 Å². The summed E-state index contributed by atoms with van der Waals surface area (Å²) in [7, 11) is 1.30. The predicted molar refractivity (Wildman–Crippen MR) is 84.7 cm³/mol. The lowest BCUT2D eigenvalue weighted by atomic mass is 10.2. The minimum Gasteiger partial charge on any atom is -0.463 e. The third kappa shape index (κ3) is 4.16. The number of halogens is 3. The first-order chi connectivity index (χ1) is 12.4. The number of hydrogen-bond donors (Lipinski definition) is 1. The van der Waals surface area contributed by atoms with Crippen molar-refractivity contribution < 1.29 is 37.0 Å². The molecule has 0 radical (unpaired) electrons. The van der Waals surface area contributed by atoms with Gasteiger partial charge in [0.1, 0.15) is 38.9 Å². The number of aromatic nitrogens is 1. The molecule has 0 spiro atoms. The van der Waals surface area contributed by atoms with Gasteiger partial charge in [-0.05, 0) is 18.2 Å². The second-order valence-corrected chi connectivity index (χ2v) is 6.13. The summed E-state index contributed by atoms with van der Waals surface area (Å²) in [6.45, 7) is 3.68. The summed E-state index contributed by atoms with van der Waals surface area (Å²) in [5, 5.41) is 0. The van der Waals surface area contributed by atoms with Gasteiger partial charge in [0.2, 0.25) is 5.76 Å². The van der Waals surface area contributed by atoms with Crippen LogP contribution in [0, 0.1) is 0 Å². The Kier molecular flexibility index (Phi) is 5.17. The molecule has 0 aliphatic carbocycles. The standard InChI is InChI=1S/C17H18F3N3O3/c1-25-16(24)14-4-3-13(26-14)11-22-6-8-23(9-7-22)15-5-2-12(10-21-15)17(18,19)20/h2-5,10H,6-9,11H2,1H3/p+2. The number of nitrogens with zero attached hydrogens (tertiary/aromatic N) is 1. The Labute approximate surface area is 148 Å². The van der Waals surface area contributed by atoms with Gasteiger partial charge in [0.15, 0.2) is 5.76 Å². The van der Waals surface area contributed by atoms with Crippen LogP contribution < -0.4 is 14.8 Å². The number of alkyl halides is 3. The summed E-state index contributed by atoms with van der Waals surface area (Å²) in [6.07, 6.45) is -3.35. The number of quaternary nitrogens is 1. The predicted octanol–water partition coefficient (Wildman–Crippen LogP) is 0.804. The van der Waals surface area contributed by atoms with Gasteiger partial charge in [-0.15, -0.1) is 0 Å². The Bertz CT molecular complexity index is 751. The molecule has 1 aliphatic rings. The molecular weight excluding hydrogens is 351 g/mol. The molecular formula is C17H20F3N3O3+2. The molecule has 26 heavy (non-hydrogen) atoms. The van der Waals surface area contributed by atoms with E-state index in [0.717, 1.165) is 25.4 Å². The van der Waals surface area contributed by atoms with Crippen LogP contribution in [0.15, 0.2) is 34.9 Å². The Morgan fingerprint density at radius 2 is 2.00 bits per heavy atom. The van der Waals surface area contributed by atoms with Gasteiger partial charge in [0.25, 0.3) is 5.82 Å². The van der Waals surface area contributed by atoms with Crippen molar-refractivity contribution in [1.82, 2.24) is 0 Å². The summed E-state index contributed by atoms with van der Waals surface area (Å²) in [6, 6.07) is 5.90. The Morgan fingerprint density at radius 3 is 2.58 bits per heavy atom. The average Bonchev–Trinajstić information content (AvgIpc) is 3.09. The summed E-state index contributed by atoms with van der Waals surface area (Å²) in [5.41, 5.74) is -0.690. The molecule has 3 heterocycles. The van der Waals surface area contributed by atoms with Crippen molar-refractivity contribution in [2.75, 3.05) is 38.2 Å². The normalized spacial score (nSPS) is 15.9. The largest absolute Gasteiger partial charge is 0.463 e. The minimum absolute atomic E-state index is 0.180. The molecule has 6 nitrogen and oxygen atoms in total. The maximum absolute atomic E-state index is 12.6. The maximum atomic E-state index is 12.6. The third-order valence-corrected chi connectivity index (χ3v) is 4.41. The highest BCUT2D eigenvalue weighted by Crippen LogP contribution is 2.28. The molecule has 0 bridgehead atoms. The Morgan fingerprint density at radius 1 is 1.27 bits per heavy atom. The molecule has 0 saturated carbocycles. The number of pyridine rings is 1. The van der Waals surface area contributed by atoms with Crippen molar-refractivity contribution in [1.29, 1.82) is 0 Å². The number of esters is 1. The molecule has 1 saturated heterocycles. The number of carbonyl (C=O) groups excluding carboxylic acids is 1. The lowest BCUT2D eigenvalue weighted by Crippen LogP contribution is -3.13. The number of anilines is 1. The van der Waals surface area contributed by atoms with Crippen LogP contribution in [0.25, 0.3) is 0 Å². The van der Waals surface area contributed by atoms with Gasteiger partial charge < -0.3 is 14.1 Å². The Hall–Kier alpha value is -2.55. The summed E-state index contributed by atoms with van der Waals surface area (Å²) in [4.78, 5) is 17.4. The number of nitrogens with one attached hydrogen (secondary N) is 2. The number of aromatic amines is 1. The van der Waals surface area contributed by atoms with Crippen LogP contribution in [-0.2, 0) is 17.5 Å². The van der Waals surface area contributed by atoms with Gasteiger partial charge in [-0.3, -0.25) is 4.90 Å². The monoisotopic (exact) mass is 371 g/mol. The van der Waals surface area contributed by atoms with Gasteiger partial charge >= 0.3 is 12.1 Å². The zero-order valence-corrected chi connectivity index (χ0v) is 14.2. The van der Waals surface area contributed by atoms with Crippen molar-refractivity contribution in [3.05, 3.63) is 47.5 Å².